The molecule has 0 aromatic heterocycles. The summed E-state index contributed by atoms with van der Waals surface area (Å²) in [4.78, 5) is 45.9. The fraction of sp³-hybridized carbons (Fsp3) is 0.932. The van der Waals surface area contributed by atoms with E-state index in [1.165, 1.54) is 154 Å². The van der Waals surface area contributed by atoms with Gasteiger partial charge in [-0.3, -0.25) is 18.6 Å². The van der Waals surface area contributed by atoms with Crippen molar-refractivity contribution in [2.45, 2.75) is 244 Å². The third-order valence-corrected chi connectivity index (χ3v) is 11.3. The maximum Gasteiger partial charge on any atom is 0.472 e. The Morgan fingerprint density at radius 1 is 0.500 bits per heavy atom. The first-order chi connectivity index (χ1) is 27.1. The number of phosphoric ester groups is 1. The molecule has 0 aliphatic heterocycles. The van der Waals surface area contributed by atoms with Gasteiger partial charge >= 0.3 is 19.8 Å². The number of amides is 1. The Balaban J connectivity index is 3.84. The lowest BCUT2D eigenvalue weighted by molar-refractivity contribution is -0.147. The van der Waals surface area contributed by atoms with E-state index in [1.807, 2.05) is 0 Å². The molecule has 0 radical (unpaired) electrons. The Bertz CT molecular complexity index is 968. The number of carboxylic acid groups (broad SMARTS) is 1. The van der Waals surface area contributed by atoms with E-state index in [9.17, 15) is 34.1 Å². The van der Waals surface area contributed by atoms with Crippen LogP contribution in [0.2, 0.25) is 0 Å². The number of ether oxygens (including phenoxy) is 1. The third-order valence-electron chi connectivity index (χ3n) is 10.4. The Morgan fingerprint density at radius 3 is 1.18 bits per heavy atom. The second-order valence-electron chi connectivity index (χ2n) is 16.0. The smallest absolute Gasteiger partial charge is 0.472 e. The first-order valence-corrected chi connectivity index (χ1v) is 24.6. The van der Waals surface area contributed by atoms with Crippen molar-refractivity contribution in [1.29, 1.82) is 0 Å². The SMILES string of the molecule is CCCCCCCCCCCCCCCCCCCCC(=O)NC(COP(=O)(O)OCC(O)COC(=O)CCCCCCCCCCCCCCCC)C(=O)O. The normalized spacial score (nSPS) is 13.6. The molecule has 0 fully saturated rings. The number of carbonyl (C=O) groups is 3. The summed E-state index contributed by atoms with van der Waals surface area (Å²) in [5.41, 5.74) is 0. The van der Waals surface area contributed by atoms with E-state index in [2.05, 4.69) is 19.2 Å². The number of phosphoric acid groups is 1. The quantitative estimate of drug-likeness (QED) is 0.0264. The van der Waals surface area contributed by atoms with Crippen LogP contribution in [0.5, 0.6) is 0 Å². The van der Waals surface area contributed by atoms with E-state index < -0.39 is 57.6 Å². The molecule has 332 valence electrons. The summed E-state index contributed by atoms with van der Waals surface area (Å²) in [6.45, 7) is 2.63. The largest absolute Gasteiger partial charge is 0.480 e. The van der Waals surface area contributed by atoms with Crippen molar-refractivity contribution in [3.05, 3.63) is 0 Å². The van der Waals surface area contributed by atoms with Crippen LogP contribution in [-0.4, -0.2) is 64.9 Å². The van der Waals surface area contributed by atoms with Gasteiger partial charge in [-0.1, -0.05) is 206 Å². The zero-order valence-electron chi connectivity index (χ0n) is 36.0. The number of carboxylic acids is 1. The zero-order valence-corrected chi connectivity index (χ0v) is 36.9. The van der Waals surface area contributed by atoms with Crippen LogP contribution in [0, 0.1) is 0 Å². The molecular weight excluding hydrogens is 733 g/mol. The monoisotopic (exact) mass is 820 g/mol. The Kier molecular flexibility index (Phi) is 39.2. The Hall–Kier alpha value is -1.52. The van der Waals surface area contributed by atoms with E-state index in [1.54, 1.807) is 0 Å². The molecule has 0 saturated heterocycles. The van der Waals surface area contributed by atoms with Gasteiger partial charge in [0.1, 0.15) is 12.7 Å². The number of aliphatic carboxylic acids is 1. The summed E-state index contributed by atoms with van der Waals surface area (Å²) < 4.78 is 26.9. The van der Waals surface area contributed by atoms with Crippen LogP contribution >= 0.6 is 7.82 Å². The molecule has 56 heavy (non-hydrogen) atoms. The summed E-state index contributed by atoms with van der Waals surface area (Å²) in [5.74, 6) is -2.35. The maximum atomic E-state index is 12.3. The predicted octanol–water partition coefficient (Wildman–Crippen LogP) is 11.9. The molecule has 0 bridgehead atoms. The number of esters is 1. The minimum absolute atomic E-state index is 0.153. The Labute approximate surface area is 342 Å². The Morgan fingerprint density at radius 2 is 0.821 bits per heavy atom. The second kappa shape index (κ2) is 40.3. The number of unbranched alkanes of at least 4 members (excludes halogenated alkanes) is 30. The molecule has 0 heterocycles. The average molecular weight is 820 g/mol. The summed E-state index contributed by atoms with van der Waals surface area (Å²) in [6.07, 6.45) is 38.3. The van der Waals surface area contributed by atoms with Gasteiger partial charge in [-0.2, -0.15) is 0 Å². The van der Waals surface area contributed by atoms with Crippen molar-refractivity contribution < 1.29 is 47.8 Å². The number of nitrogens with one attached hydrogen (secondary N) is 1. The fourth-order valence-corrected chi connectivity index (χ4v) is 7.56. The molecule has 12 heteroatoms. The molecule has 0 aromatic carbocycles. The van der Waals surface area contributed by atoms with Crippen molar-refractivity contribution >= 4 is 25.7 Å². The van der Waals surface area contributed by atoms with Crippen LogP contribution in [0.3, 0.4) is 0 Å². The lowest BCUT2D eigenvalue weighted by atomic mass is 10.0. The highest BCUT2D eigenvalue weighted by molar-refractivity contribution is 7.47. The fourth-order valence-electron chi connectivity index (χ4n) is 6.79. The van der Waals surface area contributed by atoms with Gasteiger partial charge in [0.25, 0.3) is 0 Å². The van der Waals surface area contributed by atoms with Gasteiger partial charge in [0.15, 0.2) is 6.04 Å². The van der Waals surface area contributed by atoms with E-state index in [0.717, 1.165) is 38.5 Å². The standard InChI is InChI=1S/C44H86NO10P/c1-3-5-7-9-11-13-15-17-19-20-21-22-23-25-27-29-31-33-35-42(47)45-41(44(49)50)39-55-56(51,52)54-38-40(46)37-53-43(48)36-34-32-30-28-26-24-18-16-14-12-10-8-6-4-2/h40-41,46H,3-39H2,1-2H3,(H,45,47)(H,49,50)(H,51,52). The summed E-state index contributed by atoms with van der Waals surface area (Å²) in [5, 5.41) is 21.8. The van der Waals surface area contributed by atoms with Gasteiger partial charge in [-0.25, -0.2) is 9.36 Å². The van der Waals surface area contributed by atoms with Gasteiger partial charge in [-0.15, -0.1) is 0 Å². The lowest BCUT2D eigenvalue weighted by Crippen LogP contribution is -2.43. The number of rotatable bonds is 44. The van der Waals surface area contributed by atoms with Gasteiger partial charge in [0.05, 0.1) is 13.2 Å². The van der Waals surface area contributed by atoms with Crippen LogP contribution < -0.4 is 5.32 Å². The molecule has 0 spiro atoms. The van der Waals surface area contributed by atoms with Crippen LogP contribution in [0.4, 0.5) is 0 Å². The average Bonchev–Trinajstić information content (AvgIpc) is 3.17. The molecule has 3 unspecified atom stereocenters. The van der Waals surface area contributed by atoms with Crippen molar-refractivity contribution in [3.63, 3.8) is 0 Å². The minimum Gasteiger partial charge on any atom is -0.480 e. The molecule has 0 aromatic rings. The molecular formula is C44H86NO10P. The number of hydrogen-bond acceptors (Lipinski definition) is 8. The number of carbonyl (C=O) groups excluding carboxylic acids is 2. The molecule has 3 atom stereocenters. The summed E-state index contributed by atoms with van der Waals surface area (Å²) in [6, 6.07) is -1.54. The molecule has 0 saturated carbocycles. The van der Waals surface area contributed by atoms with Crippen LogP contribution in [0.25, 0.3) is 0 Å². The van der Waals surface area contributed by atoms with Crippen LogP contribution in [-0.2, 0) is 32.7 Å². The summed E-state index contributed by atoms with van der Waals surface area (Å²) in [7, 11) is -4.75. The van der Waals surface area contributed by atoms with Crippen molar-refractivity contribution in [3.8, 4) is 0 Å². The summed E-state index contributed by atoms with van der Waals surface area (Å²) >= 11 is 0. The van der Waals surface area contributed by atoms with E-state index >= 15 is 0 Å². The lowest BCUT2D eigenvalue weighted by Gasteiger charge is -2.18. The van der Waals surface area contributed by atoms with E-state index in [0.29, 0.717) is 12.8 Å². The predicted molar refractivity (Wildman–Crippen MR) is 227 cm³/mol. The molecule has 0 aliphatic rings. The topological polar surface area (TPSA) is 169 Å². The molecule has 4 N–H and O–H groups in total. The van der Waals surface area contributed by atoms with E-state index in [-0.39, 0.29) is 12.8 Å². The van der Waals surface area contributed by atoms with Crippen molar-refractivity contribution in [2.75, 3.05) is 19.8 Å². The third kappa shape index (κ3) is 39.3. The molecule has 11 nitrogen and oxygen atoms in total. The van der Waals surface area contributed by atoms with Crippen molar-refractivity contribution in [2.24, 2.45) is 0 Å². The van der Waals surface area contributed by atoms with Gasteiger partial charge < -0.3 is 25.2 Å². The number of hydrogen-bond donors (Lipinski definition) is 4. The molecule has 0 rings (SSSR count). The van der Waals surface area contributed by atoms with Gasteiger partial charge in [0.2, 0.25) is 5.91 Å². The van der Waals surface area contributed by atoms with Gasteiger partial charge in [0, 0.05) is 12.8 Å². The van der Waals surface area contributed by atoms with Crippen LogP contribution in [0.1, 0.15) is 232 Å². The zero-order chi connectivity index (χ0) is 41.4. The van der Waals surface area contributed by atoms with E-state index in [4.69, 9.17) is 13.8 Å². The number of aliphatic hydroxyl groups excluding tert-OH is 1. The first kappa shape index (κ1) is 54.5. The minimum atomic E-state index is -4.75. The second-order valence-corrected chi connectivity index (χ2v) is 17.4. The van der Waals surface area contributed by atoms with Gasteiger partial charge in [-0.05, 0) is 12.8 Å². The highest BCUT2D eigenvalue weighted by Gasteiger charge is 2.28. The first-order valence-electron chi connectivity index (χ1n) is 23.1. The van der Waals surface area contributed by atoms with Crippen molar-refractivity contribution in [1.82, 2.24) is 5.32 Å². The van der Waals surface area contributed by atoms with Crippen LogP contribution in [0.15, 0.2) is 0 Å². The maximum absolute atomic E-state index is 12.3. The number of aliphatic hydroxyl groups is 1. The highest BCUT2D eigenvalue weighted by Crippen LogP contribution is 2.43. The molecule has 0 aliphatic carbocycles. The molecule has 1 amide bonds. The highest BCUT2D eigenvalue weighted by atomic mass is 31.2.